The normalized spacial score (nSPS) is 12.2. The molecule has 36 heavy (non-hydrogen) atoms. The molecule has 1 aromatic heterocycles. The van der Waals surface area contributed by atoms with Crippen molar-refractivity contribution in [3.05, 3.63) is 96.1 Å². The van der Waals surface area contributed by atoms with Gasteiger partial charge in [-0.3, -0.25) is 4.90 Å². The molecule has 4 rings (SSSR count). The van der Waals surface area contributed by atoms with Crippen molar-refractivity contribution < 1.29 is 14.6 Å². The van der Waals surface area contributed by atoms with Gasteiger partial charge in [0.15, 0.2) is 0 Å². The molecular weight excluding hydrogens is 450 g/mol. The third kappa shape index (κ3) is 6.33. The van der Waals surface area contributed by atoms with E-state index in [1.54, 1.807) is 11.8 Å². The Labute approximate surface area is 213 Å². The molecule has 0 aliphatic rings. The maximum Gasteiger partial charge on any atom is 0.222 e. The van der Waals surface area contributed by atoms with E-state index in [0.717, 1.165) is 28.1 Å². The zero-order chi connectivity index (χ0) is 25.5. The van der Waals surface area contributed by atoms with Crippen LogP contribution in [0.25, 0.3) is 11.3 Å². The van der Waals surface area contributed by atoms with Gasteiger partial charge in [0.25, 0.3) is 0 Å². The summed E-state index contributed by atoms with van der Waals surface area (Å²) in [5, 5.41) is 15.8. The molecule has 4 aromatic rings. The standard InChI is InChI=1S/C30H35N3O3/c1-22(2)33(20-25(34)18-23-12-7-5-8-13-23)21-28-29(24-14-9-6-10-15-24)31-32(3)30(28)36-27-17-11-16-26(19-27)35-4/h5-17,19,22,25,34H,18,20-21H2,1-4H3/t25-/m0/s1. The third-order valence-corrected chi connectivity index (χ3v) is 6.24. The number of hydrogen-bond acceptors (Lipinski definition) is 5. The summed E-state index contributed by atoms with van der Waals surface area (Å²) in [6.07, 6.45) is 0.116. The maximum absolute atomic E-state index is 10.9. The molecule has 0 radical (unpaired) electrons. The van der Waals surface area contributed by atoms with Crippen molar-refractivity contribution in [3.63, 3.8) is 0 Å². The van der Waals surface area contributed by atoms with Crippen LogP contribution in [0.5, 0.6) is 17.4 Å². The van der Waals surface area contributed by atoms with E-state index in [-0.39, 0.29) is 6.04 Å². The maximum atomic E-state index is 10.9. The molecule has 1 atom stereocenters. The van der Waals surface area contributed by atoms with E-state index in [1.165, 1.54) is 0 Å². The smallest absolute Gasteiger partial charge is 0.222 e. The van der Waals surface area contributed by atoms with Gasteiger partial charge < -0.3 is 14.6 Å². The number of aliphatic hydroxyl groups excluding tert-OH is 1. The molecule has 0 aliphatic carbocycles. The first-order valence-corrected chi connectivity index (χ1v) is 12.3. The number of hydrogen-bond donors (Lipinski definition) is 1. The lowest BCUT2D eigenvalue weighted by atomic mass is 10.0. The molecule has 0 saturated carbocycles. The van der Waals surface area contributed by atoms with Crippen molar-refractivity contribution in [1.29, 1.82) is 0 Å². The molecule has 3 aromatic carbocycles. The SMILES string of the molecule is COc1cccc(Oc2c(CN(C[C@@H](O)Cc3ccccc3)C(C)C)c(-c3ccccc3)nn2C)c1. The first-order chi connectivity index (χ1) is 17.4. The predicted octanol–water partition coefficient (Wildman–Crippen LogP) is 5.70. The van der Waals surface area contributed by atoms with Crippen molar-refractivity contribution in [1.82, 2.24) is 14.7 Å². The first kappa shape index (κ1) is 25.5. The Morgan fingerprint density at radius 2 is 1.58 bits per heavy atom. The van der Waals surface area contributed by atoms with Gasteiger partial charge in [-0.2, -0.15) is 5.10 Å². The summed E-state index contributed by atoms with van der Waals surface area (Å²) in [7, 11) is 3.54. The summed E-state index contributed by atoms with van der Waals surface area (Å²) < 4.78 is 13.6. The minimum atomic E-state index is -0.491. The molecule has 1 N–H and O–H groups in total. The summed E-state index contributed by atoms with van der Waals surface area (Å²) >= 11 is 0. The lowest BCUT2D eigenvalue weighted by Crippen LogP contribution is -2.38. The van der Waals surface area contributed by atoms with Crippen molar-refractivity contribution in [3.8, 4) is 28.6 Å². The number of nitrogens with zero attached hydrogens (tertiary/aromatic N) is 3. The van der Waals surface area contributed by atoms with Gasteiger partial charge in [0, 0.05) is 37.8 Å². The molecule has 0 fully saturated rings. The first-order valence-electron chi connectivity index (χ1n) is 12.3. The van der Waals surface area contributed by atoms with E-state index >= 15 is 0 Å². The molecule has 1 heterocycles. The highest BCUT2D eigenvalue weighted by Crippen LogP contribution is 2.35. The monoisotopic (exact) mass is 485 g/mol. The summed E-state index contributed by atoms with van der Waals surface area (Å²) in [4.78, 5) is 2.27. The molecule has 0 bridgehead atoms. The number of ether oxygens (including phenoxy) is 2. The second-order valence-corrected chi connectivity index (χ2v) is 9.27. The van der Waals surface area contributed by atoms with Gasteiger partial charge in [0.2, 0.25) is 5.88 Å². The topological polar surface area (TPSA) is 59.8 Å². The molecule has 0 saturated heterocycles. The average Bonchev–Trinajstić information content (AvgIpc) is 3.19. The second-order valence-electron chi connectivity index (χ2n) is 9.27. The fourth-order valence-corrected chi connectivity index (χ4v) is 4.31. The van der Waals surface area contributed by atoms with Gasteiger partial charge in [-0.25, -0.2) is 4.68 Å². The zero-order valence-corrected chi connectivity index (χ0v) is 21.5. The molecule has 0 amide bonds. The van der Waals surface area contributed by atoms with Crippen molar-refractivity contribution in [2.75, 3.05) is 13.7 Å². The number of aryl methyl sites for hydroxylation is 1. The zero-order valence-electron chi connectivity index (χ0n) is 21.5. The van der Waals surface area contributed by atoms with Crippen LogP contribution in [0.1, 0.15) is 25.0 Å². The number of benzene rings is 3. The second kappa shape index (κ2) is 11.9. The summed E-state index contributed by atoms with van der Waals surface area (Å²) in [5.41, 5.74) is 4.01. The van der Waals surface area contributed by atoms with Gasteiger partial charge in [-0.15, -0.1) is 0 Å². The summed E-state index contributed by atoms with van der Waals surface area (Å²) in [5.74, 6) is 2.08. The van der Waals surface area contributed by atoms with Gasteiger partial charge in [-0.1, -0.05) is 66.7 Å². The number of aromatic nitrogens is 2. The van der Waals surface area contributed by atoms with E-state index in [4.69, 9.17) is 14.6 Å². The Bertz CT molecular complexity index is 1240. The van der Waals surface area contributed by atoms with Crippen LogP contribution < -0.4 is 9.47 Å². The Kier molecular flexibility index (Phi) is 8.41. The molecule has 0 aliphatic heterocycles. The van der Waals surface area contributed by atoms with Gasteiger partial charge in [0.1, 0.15) is 17.2 Å². The van der Waals surface area contributed by atoms with Crippen LogP contribution >= 0.6 is 0 Å². The van der Waals surface area contributed by atoms with Crippen LogP contribution in [0, 0.1) is 0 Å². The van der Waals surface area contributed by atoms with E-state index in [2.05, 4.69) is 43.0 Å². The lowest BCUT2D eigenvalue weighted by Gasteiger charge is -2.29. The highest BCUT2D eigenvalue weighted by atomic mass is 16.5. The quantitative estimate of drug-likeness (QED) is 0.295. The largest absolute Gasteiger partial charge is 0.497 e. The highest BCUT2D eigenvalue weighted by molar-refractivity contribution is 5.65. The molecule has 0 unspecified atom stereocenters. The third-order valence-electron chi connectivity index (χ3n) is 6.24. The minimum Gasteiger partial charge on any atom is -0.497 e. The highest BCUT2D eigenvalue weighted by Gasteiger charge is 2.24. The number of aliphatic hydroxyl groups is 1. The van der Waals surface area contributed by atoms with Gasteiger partial charge >= 0.3 is 0 Å². The van der Waals surface area contributed by atoms with E-state index in [0.29, 0.717) is 31.1 Å². The van der Waals surface area contributed by atoms with Gasteiger partial charge in [-0.05, 0) is 38.0 Å². The molecule has 188 valence electrons. The summed E-state index contributed by atoms with van der Waals surface area (Å²) in [6, 6.07) is 28.0. The van der Waals surface area contributed by atoms with Crippen LogP contribution in [0.2, 0.25) is 0 Å². The Balaban J connectivity index is 1.66. The number of rotatable bonds is 11. The van der Waals surface area contributed by atoms with Crippen LogP contribution in [0.4, 0.5) is 0 Å². The van der Waals surface area contributed by atoms with E-state index in [9.17, 15) is 5.11 Å². The summed E-state index contributed by atoms with van der Waals surface area (Å²) in [6.45, 7) is 5.42. The molecular formula is C30H35N3O3. The minimum absolute atomic E-state index is 0.212. The molecule has 6 nitrogen and oxygen atoms in total. The lowest BCUT2D eigenvalue weighted by molar-refractivity contribution is 0.0904. The fourth-order valence-electron chi connectivity index (χ4n) is 4.31. The average molecular weight is 486 g/mol. The van der Waals surface area contributed by atoms with Crippen LogP contribution in [-0.2, 0) is 20.0 Å². The van der Waals surface area contributed by atoms with E-state index in [1.807, 2.05) is 67.7 Å². The van der Waals surface area contributed by atoms with Crippen molar-refractivity contribution in [2.45, 2.75) is 39.0 Å². The Morgan fingerprint density at radius 1 is 0.917 bits per heavy atom. The van der Waals surface area contributed by atoms with Crippen LogP contribution in [0.15, 0.2) is 84.9 Å². The Morgan fingerprint density at radius 3 is 2.25 bits per heavy atom. The van der Waals surface area contributed by atoms with Crippen molar-refractivity contribution >= 4 is 0 Å². The van der Waals surface area contributed by atoms with Crippen LogP contribution in [-0.4, -0.2) is 45.6 Å². The van der Waals surface area contributed by atoms with Crippen LogP contribution in [0.3, 0.4) is 0 Å². The molecule has 0 spiro atoms. The van der Waals surface area contributed by atoms with E-state index < -0.39 is 6.10 Å². The Hall–Kier alpha value is -3.61. The van der Waals surface area contributed by atoms with Crippen molar-refractivity contribution in [2.24, 2.45) is 7.05 Å². The predicted molar refractivity (Wildman–Crippen MR) is 143 cm³/mol. The molecule has 6 heteroatoms. The fraction of sp³-hybridized carbons (Fsp3) is 0.300. The number of methoxy groups -OCH3 is 1. The van der Waals surface area contributed by atoms with Gasteiger partial charge in [0.05, 0.1) is 18.8 Å².